The van der Waals surface area contributed by atoms with E-state index in [1.165, 1.54) is 0 Å². The largest absolute Gasteiger partial charge is 0.338 e. The van der Waals surface area contributed by atoms with E-state index in [0.717, 1.165) is 12.0 Å². The fourth-order valence-electron chi connectivity index (χ4n) is 1.80. The average Bonchev–Trinajstić information content (AvgIpc) is 2.44. The van der Waals surface area contributed by atoms with E-state index in [0.29, 0.717) is 18.7 Å². The molecule has 0 radical (unpaired) electrons. The van der Waals surface area contributed by atoms with Crippen LogP contribution in [0, 0.1) is 11.3 Å². The summed E-state index contributed by atoms with van der Waals surface area (Å²) >= 11 is 0. The second-order valence-electron chi connectivity index (χ2n) is 4.79. The zero-order valence-corrected chi connectivity index (χ0v) is 12.3. The highest BCUT2D eigenvalue weighted by molar-refractivity contribution is 5.95. The van der Waals surface area contributed by atoms with Crippen LogP contribution in [0.25, 0.3) is 0 Å². The fraction of sp³-hybridized carbons (Fsp3) is 0.400. The third-order valence-electron chi connectivity index (χ3n) is 2.71. The predicted molar refractivity (Wildman–Crippen MR) is 79.3 cm³/mol. The lowest BCUT2D eigenvalue weighted by Gasteiger charge is -2.16. The number of nitrogens with zero attached hydrogens (tertiary/aromatic N) is 2. The first-order valence-electron chi connectivity index (χ1n) is 6.80. The Bertz CT molecular complexity index is 537. The smallest absolute Gasteiger partial charge is 0.321 e. The Kier molecular flexibility index (Phi) is 6.92. The van der Waals surface area contributed by atoms with Crippen LogP contribution in [0.5, 0.6) is 0 Å². The first-order valence-corrected chi connectivity index (χ1v) is 6.80. The highest BCUT2D eigenvalue weighted by Gasteiger charge is 2.10. The topological polar surface area (TPSA) is 85.2 Å². The van der Waals surface area contributed by atoms with Gasteiger partial charge in [0.25, 0.3) is 0 Å². The summed E-state index contributed by atoms with van der Waals surface area (Å²) in [5.74, 6) is -0.359. The van der Waals surface area contributed by atoms with Gasteiger partial charge in [0, 0.05) is 13.1 Å². The molecule has 0 saturated heterocycles. The van der Waals surface area contributed by atoms with Gasteiger partial charge in [-0.2, -0.15) is 5.26 Å². The van der Waals surface area contributed by atoms with Crippen molar-refractivity contribution in [3.8, 4) is 6.07 Å². The minimum atomic E-state index is -0.471. The van der Waals surface area contributed by atoms with Crippen LogP contribution in [0.15, 0.2) is 24.3 Å². The van der Waals surface area contributed by atoms with E-state index in [9.17, 15) is 9.59 Å². The summed E-state index contributed by atoms with van der Waals surface area (Å²) in [5.41, 5.74) is 1.53. The molecule has 1 rings (SSSR count). The molecule has 0 atom stereocenters. The SMILES string of the molecule is CCCNC(=O)NC(=O)CN(C)Cc1cccc(C#N)c1. The number of urea groups is 1. The Morgan fingerprint density at radius 3 is 2.81 bits per heavy atom. The van der Waals surface area contributed by atoms with Crippen molar-refractivity contribution in [2.75, 3.05) is 20.1 Å². The van der Waals surface area contributed by atoms with Crippen LogP contribution >= 0.6 is 0 Å². The third-order valence-corrected chi connectivity index (χ3v) is 2.71. The summed E-state index contributed by atoms with van der Waals surface area (Å²) in [7, 11) is 1.78. The lowest BCUT2D eigenvalue weighted by Crippen LogP contribution is -2.43. The van der Waals surface area contributed by atoms with Gasteiger partial charge in [-0.15, -0.1) is 0 Å². The number of carbonyl (C=O) groups is 2. The molecule has 0 saturated carbocycles. The van der Waals surface area contributed by atoms with Gasteiger partial charge in [0.2, 0.25) is 5.91 Å². The molecule has 0 aliphatic heterocycles. The molecule has 6 nitrogen and oxygen atoms in total. The van der Waals surface area contributed by atoms with Gasteiger partial charge in [-0.1, -0.05) is 19.1 Å². The quantitative estimate of drug-likeness (QED) is 0.824. The molecule has 0 unspecified atom stereocenters. The molecule has 0 heterocycles. The minimum Gasteiger partial charge on any atom is -0.338 e. The molecule has 2 N–H and O–H groups in total. The van der Waals surface area contributed by atoms with Crippen molar-refractivity contribution in [2.45, 2.75) is 19.9 Å². The Hall–Kier alpha value is -2.39. The summed E-state index contributed by atoms with van der Waals surface area (Å²) in [6.45, 7) is 3.11. The molecule has 0 fully saturated rings. The number of likely N-dealkylation sites (N-methyl/N-ethyl adjacent to an activating group) is 1. The van der Waals surface area contributed by atoms with E-state index in [-0.39, 0.29) is 12.5 Å². The highest BCUT2D eigenvalue weighted by atomic mass is 16.2. The second-order valence-corrected chi connectivity index (χ2v) is 4.79. The summed E-state index contributed by atoms with van der Waals surface area (Å²) in [6.07, 6.45) is 0.816. The number of amides is 3. The van der Waals surface area contributed by atoms with Gasteiger partial charge in [0.05, 0.1) is 18.2 Å². The lowest BCUT2D eigenvalue weighted by molar-refractivity contribution is -0.120. The van der Waals surface area contributed by atoms with E-state index >= 15 is 0 Å². The molecule has 0 bridgehead atoms. The Balaban J connectivity index is 2.42. The van der Waals surface area contributed by atoms with Crippen LogP contribution in [0.2, 0.25) is 0 Å². The predicted octanol–water partition coefficient (Wildman–Crippen LogP) is 1.23. The van der Waals surface area contributed by atoms with Crippen molar-refractivity contribution in [1.82, 2.24) is 15.5 Å². The molecule has 1 aromatic carbocycles. The second kappa shape index (κ2) is 8.72. The summed E-state index contributed by atoms with van der Waals surface area (Å²) in [5, 5.41) is 13.7. The number of imide groups is 1. The van der Waals surface area contributed by atoms with Crippen molar-refractivity contribution < 1.29 is 9.59 Å². The van der Waals surface area contributed by atoms with Crippen molar-refractivity contribution in [3.63, 3.8) is 0 Å². The molecule has 3 amide bonds. The number of carbonyl (C=O) groups excluding carboxylic acids is 2. The summed E-state index contributed by atoms with van der Waals surface area (Å²) < 4.78 is 0. The van der Waals surface area contributed by atoms with Crippen molar-refractivity contribution in [2.24, 2.45) is 0 Å². The van der Waals surface area contributed by atoms with Gasteiger partial charge < -0.3 is 5.32 Å². The summed E-state index contributed by atoms with van der Waals surface area (Å²) in [4.78, 5) is 24.8. The van der Waals surface area contributed by atoms with E-state index in [4.69, 9.17) is 5.26 Å². The number of benzene rings is 1. The maximum atomic E-state index is 11.7. The first kappa shape index (κ1) is 16.7. The molecule has 6 heteroatoms. The molecule has 112 valence electrons. The zero-order valence-electron chi connectivity index (χ0n) is 12.3. The Morgan fingerprint density at radius 2 is 2.14 bits per heavy atom. The van der Waals surface area contributed by atoms with Crippen molar-refractivity contribution in [1.29, 1.82) is 5.26 Å². The van der Waals surface area contributed by atoms with Gasteiger partial charge in [-0.05, 0) is 31.2 Å². The van der Waals surface area contributed by atoms with Crippen molar-refractivity contribution in [3.05, 3.63) is 35.4 Å². The monoisotopic (exact) mass is 288 g/mol. The third kappa shape index (κ3) is 6.54. The van der Waals surface area contributed by atoms with Crippen LogP contribution in [-0.4, -0.2) is 37.0 Å². The van der Waals surface area contributed by atoms with Gasteiger partial charge in [-0.25, -0.2) is 4.79 Å². The van der Waals surface area contributed by atoms with Gasteiger partial charge in [-0.3, -0.25) is 15.0 Å². The maximum absolute atomic E-state index is 11.7. The van der Waals surface area contributed by atoms with Crippen molar-refractivity contribution >= 4 is 11.9 Å². The van der Waals surface area contributed by atoms with Crippen LogP contribution < -0.4 is 10.6 Å². The van der Waals surface area contributed by atoms with E-state index in [1.54, 1.807) is 30.1 Å². The van der Waals surface area contributed by atoms with E-state index in [1.807, 2.05) is 13.0 Å². The Morgan fingerprint density at radius 1 is 1.38 bits per heavy atom. The Labute approximate surface area is 124 Å². The molecule has 1 aromatic rings. The zero-order chi connectivity index (χ0) is 15.7. The van der Waals surface area contributed by atoms with E-state index in [2.05, 4.69) is 16.7 Å². The maximum Gasteiger partial charge on any atom is 0.321 e. The van der Waals surface area contributed by atoms with E-state index < -0.39 is 6.03 Å². The molecular weight excluding hydrogens is 268 g/mol. The lowest BCUT2D eigenvalue weighted by atomic mass is 10.1. The molecule has 0 aromatic heterocycles. The first-order chi connectivity index (χ1) is 10.0. The number of hydrogen-bond donors (Lipinski definition) is 2. The minimum absolute atomic E-state index is 0.107. The van der Waals surface area contributed by atoms with Gasteiger partial charge >= 0.3 is 6.03 Å². The molecule has 0 aliphatic carbocycles. The summed E-state index contributed by atoms with van der Waals surface area (Å²) in [6, 6.07) is 8.81. The average molecular weight is 288 g/mol. The number of nitriles is 1. The number of nitrogens with one attached hydrogen (secondary N) is 2. The molecule has 0 aliphatic rings. The number of hydrogen-bond acceptors (Lipinski definition) is 4. The molecule has 21 heavy (non-hydrogen) atoms. The van der Waals surface area contributed by atoms with Gasteiger partial charge in [0.15, 0.2) is 0 Å². The van der Waals surface area contributed by atoms with Crippen LogP contribution in [-0.2, 0) is 11.3 Å². The normalized spacial score (nSPS) is 10.0. The van der Waals surface area contributed by atoms with Gasteiger partial charge in [0.1, 0.15) is 0 Å². The van der Waals surface area contributed by atoms with Crippen LogP contribution in [0.1, 0.15) is 24.5 Å². The van der Waals surface area contributed by atoms with Crippen LogP contribution in [0.3, 0.4) is 0 Å². The van der Waals surface area contributed by atoms with Crippen LogP contribution in [0.4, 0.5) is 4.79 Å². The molecule has 0 spiro atoms. The standard InChI is InChI=1S/C15H20N4O2/c1-3-7-17-15(21)18-14(20)11-19(2)10-13-6-4-5-12(8-13)9-16/h4-6,8H,3,7,10-11H2,1-2H3,(H2,17,18,20,21). The fourth-order valence-corrected chi connectivity index (χ4v) is 1.80. The highest BCUT2D eigenvalue weighted by Crippen LogP contribution is 2.06. The molecular formula is C15H20N4O2. The number of rotatable bonds is 6.